The topological polar surface area (TPSA) is 64.0 Å². The number of hydrogen-bond donors (Lipinski definition) is 1. The number of hydrogen-bond acceptors (Lipinski definition) is 3. The van der Waals surface area contributed by atoms with Gasteiger partial charge in [0.05, 0.1) is 23.3 Å². The first-order chi connectivity index (χ1) is 11.4. The Bertz CT molecular complexity index is 936. The molecule has 24 heavy (non-hydrogen) atoms. The summed E-state index contributed by atoms with van der Waals surface area (Å²) < 4.78 is 30.7. The smallest absolute Gasteiger partial charge is 0.261 e. The molecule has 124 valence electrons. The van der Waals surface area contributed by atoms with E-state index in [1.54, 1.807) is 35.1 Å². The van der Waals surface area contributed by atoms with Crippen molar-refractivity contribution in [3.05, 3.63) is 75.4 Å². The van der Waals surface area contributed by atoms with Gasteiger partial charge in [-0.25, -0.2) is 8.42 Å². The summed E-state index contributed by atoms with van der Waals surface area (Å²) in [4.78, 5) is 0.200. The van der Waals surface area contributed by atoms with E-state index in [9.17, 15) is 8.42 Å². The average molecular weight is 471 g/mol. The Morgan fingerprint density at radius 1 is 0.958 bits per heavy atom. The first kappa shape index (κ1) is 17.2. The highest BCUT2D eigenvalue weighted by atomic mass is 79.9. The summed E-state index contributed by atoms with van der Waals surface area (Å²) in [7, 11) is -3.63. The highest BCUT2D eigenvalue weighted by Gasteiger charge is 2.15. The van der Waals surface area contributed by atoms with Crippen LogP contribution in [0.5, 0.6) is 0 Å². The molecule has 3 rings (SSSR count). The maximum absolute atomic E-state index is 12.3. The normalized spacial score (nSPS) is 11.4. The highest BCUT2D eigenvalue weighted by molar-refractivity contribution is 9.10. The van der Waals surface area contributed by atoms with Gasteiger partial charge in [-0.15, -0.1) is 0 Å². The molecule has 0 atom stereocenters. The highest BCUT2D eigenvalue weighted by Crippen LogP contribution is 2.18. The summed E-state index contributed by atoms with van der Waals surface area (Å²) in [5.74, 6) is 0. The van der Waals surface area contributed by atoms with Crippen molar-refractivity contribution in [2.75, 3.05) is 4.72 Å². The van der Waals surface area contributed by atoms with Crippen molar-refractivity contribution < 1.29 is 8.42 Å². The predicted molar refractivity (Wildman–Crippen MR) is 100 cm³/mol. The number of anilines is 1. The van der Waals surface area contributed by atoms with Gasteiger partial charge in [-0.3, -0.25) is 9.40 Å². The lowest BCUT2D eigenvalue weighted by Gasteiger charge is -2.06. The quantitative estimate of drug-likeness (QED) is 0.605. The zero-order valence-corrected chi connectivity index (χ0v) is 16.3. The summed E-state index contributed by atoms with van der Waals surface area (Å²) in [5.41, 5.74) is 1.50. The van der Waals surface area contributed by atoms with E-state index >= 15 is 0 Å². The Morgan fingerprint density at radius 2 is 1.54 bits per heavy atom. The maximum atomic E-state index is 12.3. The summed E-state index contributed by atoms with van der Waals surface area (Å²) in [5, 5.41) is 4.20. The Morgan fingerprint density at radius 3 is 2.17 bits per heavy atom. The van der Waals surface area contributed by atoms with Gasteiger partial charge < -0.3 is 0 Å². The van der Waals surface area contributed by atoms with Gasteiger partial charge in [-0.2, -0.15) is 5.10 Å². The van der Waals surface area contributed by atoms with Gasteiger partial charge in [0.15, 0.2) is 0 Å². The van der Waals surface area contributed by atoms with Crippen LogP contribution in [-0.2, 0) is 16.6 Å². The Hall–Kier alpha value is -1.64. The third-order valence-corrected chi connectivity index (χ3v) is 5.72. The van der Waals surface area contributed by atoms with Crippen molar-refractivity contribution in [1.82, 2.24) is 9.78 Å². The lowest BCUT2D eigenvalue weighted by Crippen LogP contribution is -2.12. The van der Waals surface area contributed by atoms with Gasteiger partial charge in [-0.1, -0.05) is 44.0 Å². The summed E-state index contributed by atoms with van der Waals surface area (Å²) in [6, 6.07) is 14.3. The molecule has 0 unspecified atom stereocenters. The van der Waals surface area contributed by atoms with Crippen LogP contribution in [0.1, 0.15) is 5.56 Å². The van der Waals surface area contributed by atoms with Crippen LogP contribution in [-0.4, -0.2) is 18.2 Å². The van der Waals surface area contributed by atoms with E-state index in [2.05, 4.69) is 41.7 Å². The van der Waals surface area contributed by atoms with Crippen molar-refractivity contribution in [3.8, 4) is 0 Å². The third kappa shape index (κ3) is 4.25. The lowest BCUT2D eigenvalue weighted by atomic mass is 10.2. The molecule has 0 fully saturated rings. The fraction of sp³-hybridized carbons (Fsp3) is 0.0625. The standard InChI is InChI=1S/C16H13Br2N3O2S/c17-13-3-1-12(2-4-13)10-21-11-15(9-19-21)20-24(22,23)16-7-5-14(18)6-8-16/h1-9,11,20H,10H2. The predicted octanol–water partition coefficient (Wildman–Crippen LogP) is 4.26. The van der Waals surface area contributed by atoms with Crippen LogP contribution in [0.3, 0.4) is 0 Å². The van der Waals surface area contributed by atoms with Gasteiger partial charge in [0, 0.05) is 15.1 Å². The first-order valence-corrected chi connectivity index (χ1v) is 10.0. The Kier molecular flexibility index (Phi) is 5.07. The second-order valence-electron chi connectivity index (χ2n) is 5.11. The van der Waals surface area contributed by atoms with Crippen LogP contribution in [0.15, 0.2) is 74.8 Å². The summed E-state index contributed by atoms with van der Waals surface area (Å²) in [6.07, 6.45) is 3.16. The van der Waals surface area contributed by atoms with Crippen LogP contribution >= 0.6 is 31.9 Å². The summed E-state index contributed by atoms with van der Waals surface area (Å²) >= 11 is 6.68. The zero-order chi connectivity index (χ0) is 17.2. The first-order valence-electron chi connectivity index (χ1n) is 6.98. The molecule has 1 heterocycles. The molecule has 0 saturated carbocycles. The number of rotatable bonds is 5. The van der Waals surface area contributed by atoms with Crippen LogP contribution in [0.4, 0.5) is 5.69 Å². The van der Waals surface area contributed by atoms with Crippen LogP contribution < -0.4 is 4.72 Å². The van der Waals surface area contributed by atoms with Crippen LogP contribution in [0.2, 0.25) is 0 Å². The lowest BCUT2D eigenvalue weighted by molar-refractivity contribution is 0.601. The maximum Gasteiger partial charge on any atom is 0.261 e. The molecule has 0 aliphatic carbocycles. The number of sulfonamides is 1. The minimum Gasteiger partial charge on any atom is -0.276 e. The molecule has 3 aromatic rings. The molecule has 0 bridgehead atoms. The monoisotopic (exact) mass is 469 g/mol. The van der Waals surface area contributed by atoms with Gasteiger partial charge in [-0.05, 0) is 42.0 Å². The molecule has 0 radical (unpaired) electrons. The number of nitrogens with zero attached hydrogens (tertiary/aromatic N) is 2. The number of nitrogens with one attached hydrogen (secondary N) is 1. The molecular formula is C16H13Br2N3O2S. The third-order valence-electron chi connectivity index (χ3n) is 3.27. The molecule has 5 nitrogen and oxygen atoms in total. The minimum atomic E-state index is -3.63. The average Bonchev–Trinajstić information content (AvgIpc) is 2.96. The zero-order valence-electron chi connectivity index (χ0n) is 12.4. The molecule has 0 amide bonds. The van der Waals surface area contributed by atoms with Gasteiger partial charge in [0.25, 0.3) is 10.0 Å². The largest absolute Gasteiger partial charge is 0.276 e. The van der Waals surface area contributed by atoms with E-state index in [0.29, 0.717) is 12.2 Å². The number of aromatic nitrogens is 2. The van der Waals surface area contributed by atoms with Crippen molar-refractivity contribution in [2.45, 2.75) is 11.4 Å². The SMILES string of the molecule is O=S(=O)(Nc1cnn(Cc2ccc(Br)cc2)c1)c1ccc(Br)cc1. The van der Waals surface area contributed by atoms with E-state index in [0.717, 1.165) is 14.5 Å². The van der Waals surface area contributed by atoms with Crippen LogP contribution in [0, 0.1) is 0 Å². The fourth-order valence-corrected chi connectivity index (χ4v) is 3.66. The van der Waals surface area contributed by atoms with E-state index < -0.39 is 10.0 Å². The van der Waals surface area contributed by atoms with Crippen LogP contribution in [0.25, 0.3) is 0 Å². The van der Waals surface area contributed by atoms with Crippen molar-refractivity contribution in [1.29, 1.82) is 0 Å². The molecule has 0 aliphatic rings. The second-order valence-corrected chi connectivity index (χ2v) is 8.63. The minimum absolute atomic E-state index is 0.200. The van der Waals surface area contributed by atoms with E-state index in [4.69, 9.17) is 0 Å². The van der Waals surface area contributed by atoms with Crippen molar-refractivity contribution in [2.24, 2.45) is 0 Å². The van der Waals surface area contributed by atoms with Gasteiger partial charge >= 0.3 is 0 Å². The molecule has 2 aromatic carbocycles. The number of benzene rings is 2. The molecule has 8 heteroatoms. The fourth-order valence-electron chi connectivity index (χ4n) is 2.11. The van der Waals surface area contributed by atoms with Crippen molar-refractivity contribution >= 4 is 47.6 Å². The van der Waals surface area contributed by atoms with E-state index in [-0.39, 0.29) is 4.90 Å². The molecule has 1 N–H and O–H groups in total. The Labute approximate surface area is 157 Å². The van der Waals surface area contributed by atoms with E-state index in [1.807, 2.05) is 24.3 Å². The second kappa shape index (κ2) is 7.08. The molecule has 0 spiro atoms. The van der Waals surface area contributed by atoms with E-state index in [1.165, 1.54) is 6.20 Å². The Balaban J connectivity index is 1.73. The molecule has 0 saturated heterocycles. The molecule has 0 aliphatic heterocycles. The number of halogens is 2. The van der Waals surface area contributed by atoms with Gasteiger partial charge in [0.2, 0.25) is 0 Å². The molecule has 1 aromatic heterocycles. The van der Waals surface area contributed by atoms with Gasteiger partial charge in [0.1, 0.15) is 0 Å². The molecular weight excluding hydrogens is 458 g/mol. The van der Waals surface area contributed by atoms with Crippen molar-refractivity contribution in [3.63, 3.8) is 0 Å². The summed E-state index contributed by atoms with van der Waals surface area (Å²) in [6.45, 7) is 0.563.